The lowest BCUT2D eigenvalue weighted by molar-refractivity contribution is 0.160. The summed E-state index contributed by atoms with van der Waals surface area (Å²) in [6.45, 7) is 4.99. The number of hydrogen-bond donors (Lipinski definition) is 1. The van der Waals surface area contributed by atoms with Crippen LogP contribution in [0.5, 0.6) is 11.5 Å². The molecular weight excluding hydrogens is 290 g/mol. The van der Waals surface area contributed by atoms with Crippen molar-refractivity contribution in [3.63, 3.8) is 0 Å². The van der Waals surface area contributed by atoms with Crippen LogP contribution in [-0.2, 0) is 0 Å². The van der Waals surface area contributed by atoms with Crippen LogP contribution in [0.4, 0.5) is 5.69 Å². The van der Waals surface area contributed by atoms with Gasteiger partial charge in [0, 0.05) is 18.8 Å². The third-order valence-electron chi connectivity index (χ3n) is 4.13. The summed E-state index contributed by atoms with van der Waals surface area (Å²) >= 11 is 0. The summed E-state index contributed by atoms with van der Waals surface area (Å²) in [5.41, 5.74) is 2.06. The van der Waals surface area contributed by atoms with Crippen LogP contribution in [0.1, 0.15) is 25.0 Å². The predicted octanol–water partition coefficient (Wildman–Crippen LogP) is 3.41. The van der Waals surface area contributed by atoms with Gasteiger partial charge in [0.25, 0.3) is 0 Å². The summed E-state index contributed by atoms with van der Waals surface area (Å²) < 4.78 is 11.1. The molecule has 1 heterocycles. The number of rotatable bonds is 6. The number of nitrogens with zero attached hydrogens (tertiary/aromatic N) is 1. The summed E-state index contributed by atoms with van der Waals surface area (Å²) in [6.07, 6.45) is 0.158. The Morgan fingerprint density at radius 1 is 1.04 bits per heavy atom. The van der Waals surface area contributed by atoms with E-state index < -0.39 is 6.10 Å². The Bertz CT molecular complexity index is 630. The molecule has 1 N–H and O–H groups in total. The van der Waals surface area contributed by atoms with E-state index >= 15 is 0 Å². The second-order valence-electron chi connectivity index (χ2n) is 5.62. The van der Waals surface area contributed by atoms with Gasteiger partial charge in [-0.1, -0.05) is 24.3 Å². The fourth-order valence-electron chi connectivity index (χ4n) is 2.82. The third-order valence-corrected chi connectivity index (χ3v) is 4.13. The molecule has 1 unspecified atom stereocenters. The first-order valence-corrected chi connectivity index (χ1v) is 8.15. The van der Waals surface area contributed by atoms with Gasteiger partial charge in [-0.25, -0.2) is 0 Å². The molecule has 23 heavy (non-hydrogen) atoms. The van der Waals surface area contributed by atoms with Gasteiger partial charge in [-0.15, -0.1) is 0 Å². The van der Waals surface area contributed by atoms with E-state index in [2.05, 4.69) is 24.0 Å². The highest BCUT2D eigenvalue weighted by molar-refractivity contribution is 5.46. The predicted molar refractivity (Wildman–Crippen MR) is 91.3 cm³/mol. The Morgan fingerprint density at radius 3 is 2.52 bits per heavy atom. The number of hydrogen-bond acceptors (Lipinski definition) is 4. The largest absolute Gasteiger partial charge is 0.486 e. The van der Waals surface area contributed by atoms with Gasteiger partial charge < -0.3 is 19.5 Å². The first-order chi connectivity index (χ1) is 11.3. The van der Waals surface area contributed by atoms with Crippen molar-refractivity contribution in [3.05, 3.63) is 54.1 Å². The van der Waals surface area contributed by atoms with E-state index in [-0.39, 0.29) is 0 Å². The fourth-order valence-corrected chi connectivity index (χ4v) is 2.82. The van der Waals surface area contributed by atoms with E-state index in [1.807, 2.05) is 36.4 Å². The minimum atomic E-state index is -0.511. The topological polar surface area (TPSA) is 41.9 Å². The average molecular weight is 313 g/mol. The van der Waals surface area contributed by atoms with E-state index in [9.17, 15) is 5.11 Å². The molecule has 1 aliphatic heterocycles. The van der Waals surface area contributed by atoms with Crippen molar-refractivity contribution in [2.75, 3.05) is 31.2 Å². The van der Waals surface area contributed by atoms with Crippen LogP contribution < -0.4 is 14.4 Å². The lowest BCUT2D eigenvalue weighted by atomic mass is 10.1. The molecule has 0 saturated heterocycles. The Labute approximate surface area is 137 Å². The molecule has 4 nitrogen and oxygen atoms in total. The molecule has 0 aliphatic carbocycles. The van der Waals surface area contributed by atoms with Gasteiger partial charge in [0.15, 0.2) is 11.5 Å². The monoisotopic (exact) mass is 313 g/mol. The maximum atomic E-state index is 10.5. The lowest BCUT2D eigenvalue weighted by Crippen LogP contribution is -2.25. The smallest absolute Gasteiger partial charge is 0.161 e. The van der Waals surface area contributed by atoms with Crippen molar-refractivity contribution in [1.82, 2.24) is 0 Å². The number of aliphatic hydroxyl groups excluding tert-OH is 1. The Hall–Kier alpha value is -2.20. The summed E-state index contributed by atoms with van der Waals surface area (Å²) in [5, 5.41) is 10.5. The van der Waals surface area contributed by atoms with Crippen molar-refractivity contribution in [1.29, 1.82) is 0 Å². The summed E-state index contributed by atoms with van der Waals surface area (Å²) in [4.78, 5) is 2.27. The first-order valence-electron chi connectivity index (χ1n) is 8.15. The number of para-hydroxylation sites is 1. The molecule has 0 amide bonds. The number of aliphatic hydroxyl groups is 1. The van der Waals surface area contributed by atoms with Crippen molar-refractivity contribution < 1.29 is 14.6 Å². The molecular formula is C19H23NO3. The zero-order chi connectivity index (χ0) is 16.1. The highest BCUT2D eigenvalue weighted by Gasteiger charge is 2.16. The maximum absolute atomic E-state index is 10.5. The molecule has 3 rings (SSSR count). The normalized spacial score (nSPS) is 14.3. The highest BCUT2D eigenvalue weighted by atomic mass is 16.6. The van der Waals surface area contributed by atoms with Gasteiger partial charge >= 0.3 is 0 Å². The van der Waals surface area contributed by atoms with E-state index in [1.165, 1.54) is 5.69 Å². The third kappa shape index (κ3) is 3.77. The first kappa shape index (κ1) is 15.7. The maximum Gasteiger partial charge on any atom is 0.161 e. The van der Waals surface area contributed by atoms with Gasteiger partial charge in [0.2, 0.25) is 0 Å². The molecule has 0 radical (unpaired) electrons. The summed E-state index contributed by atoms with van der Waals surface area (Å²) in [7, 11) is 0. The van der Waals surface area contributed by atoms with Crippen molar-refractivity contribution in [3.8, 4) is 11.5 Å². The lowest BCUT2D eigenvalue weighted by Gasteiger charge is -2.25. The van der Waals surface area contributed by atoms with Gasteiger partial charge in [0.05, 0.1) is 6.10 Å². The Balaban J connectivity index is 1.63. The number of benzene rings is 2. The molecule has 0 fully saturated rings. The number of anilines is 1. The van der Waals surface area contributed by atoms with E-state index in [4.69, 9.17) is 9.47 Å². The molecule has 0 spiro atoms. The van der Waals surface area contributed by atoms with Crippen LogP contribution in [0.3, 0.4) is 0 Å². The second-order valence-corrected chi connectivity index (χ2v) is 5.62. The van der Waals surface area contributed by atoms with Crippen LogP contribution in [0.25, 0.3) is 0 Å². The molecule has 0 bridgehead atoms. The summed E-state index contributed by atoms with van der Waals surface area (Å²) in [6, 6.07) is 16.0. The molecule has 2 aromatic carbocycles. The summed E-state index contributed by atoms with van der Waals surface area (Å²) in [5.74, 6) is 1.48. The average Bonchev–Trinajstić information content (AvgIpc) is 2.62. The van der Waals surface area contributed by atoms with Crippen LogP contribution >= 0.6 is 0 Å². The molecule has 0 aromatic heterocycles. The van der Waals surface area contributed by atoms with Crippen LogP contribution in [0.15, 0.2) is 48.5 Å². The zero-order valence-corrected chi connectivity index (χ0v) is 13.4. The van der Waals surface area contributed by atoms with Gasteiger partial charge in [0.1, 0.15) is 13.2 Å². The number of ether oxygens (including phenoxy) is 2. The van der Waals surface area contributed by atoms with Crippen molar-refractivity contribution >= 4 is 5.69 Å². The molecule has 2 aromatic rings. The molecule has 1 aliphatic rings. The van der Waals surface area contributed by atoms with Gasteiger partial charge in [-0.05, 0) is 43.2 Å². The van der Waals surface area contributed by atoms with Crippen molar-refractivity contribution in [2.24, 2.45) is 0 Å². The number of fused-ring (bicyclic) bond motifs is 1. The highest BCUT2D eigenvalue weighted by Crippen LogP contribution is 2.33. The Kier molecular flexibility index (Phi) is 5.03. The van der Waals surface area contributed by atoms with E-state index in [0.29, 0.717) is 19.6 Å². The molecule has 4 heteroatoms. The molecule has 1 atom stereocenters. The minimum Gasteiger partial charge on any atom is -0.486 e. The second kappa shape index (κ2) is 7.38. The quantitative estimate of drug-likeness (QED) is 0.887. The van der Waals surface area contributed by atoms with Gasteiger partial charge in [-0.2, -0.15) is 0 Å². The van der Waals surface area contributed by atoms with Gasteiger partial charge in [-0.3, -0.25) is 0 Å². The van der Waals surface area contributed by atoms with Crippen LogP contribution in [0.2, 0.25) is 0 Å². The van der Waals surface area contributed by atoms with Crippen LogP contribution in [-0.4, -0.2) is 31.4 Å². The molecule has 122 valence electrons. The zero-order valence-electron chi connectivity index (χ0n) is 13.4. The SMILES string of the molecule is CCN(CCC(O)c1ccc2c(c1)OCCO2)c1ccccc1. The van der Waals surface area contributed by atoms with Crippen molar-refractivity contribution in [2.45, 2.75) is 19.4 Å². The van der Waals surface area contributed by atoms with E-state index in [0.717, 1.165) is 30.2 Å². The minimum absolute atomic E-state index is 0.511. The van der Waals surface area contributed by atoms with Crippen LogP contribution in [0, 0.1) is 0 Å². The molecule has 0 saturated carbocycles. The Morgan fingerprint density at radius 2 is 1.78 bits per heavy atom. The van der Waals surface area contributed by atoms with E-state index in [1.54, 1.807) is 0 Å². The fraction of sp³-hybridized carbons (Fsp3) is 0.368. The standard InChI is InChI=1S/C19H23NO3/c1-2-20(16-6-4-3-5-7-16)11-10-17(21)15-8-9-18-19(14-15)23-13-12-22-18/h3-9,14,17,21H,2,10-13H2,1H3.